The molecule has 1 heterocycles. The second-order valence-corrected chi connectivity index (χ2v) is 9.11. The Bertz CT molecular complexity index is 911. The predicted octanol–water partition coefficient (Wildman–Crippen LogP) is 2.51. The number of aliphatic imine (C=N–C) groups is 1. The highest BCUT2D eigenvalue weighted by Gasteiger charge is 2.21. The number of benzene rings is 2. The number of piperazine rings is 1. The number of sulfone groups is 1. The Balaban J connectivity index is 1.51. The van der Waals surface area contributed by atoms with E-state index < -0.39 is 9.84 Å². The van der Waals surface area contributed by atoms with Crippen LogP contribution in [-0.2, 0) is 9.84 Å². The lowest BCUT2D eigenvalue weighted by atomic mass is 10.2. The normalized spacial score (nSPS) is 15.6. The van der Waals surface area contributed by atoms with Crippen molar-refractivity contribution in [3.63, 3.8) is 0 Å². The van der Waals surface area contributed by atoms with Gasteiger partial charge in [0.25, 0.3) is 0 Å². The Morgan fingerprint density at radius 3 is 2.43 bits per heavy atom. The van der Waals surface area contributed by atoms with E-state index >= 15 is 0 Å². The molecule has 6 nitrogen and oxygen atoms in total. The molecule has 0 amide bonds. The van der Waals surface area contributed by atoms with Crippen molar-refractivity contribution < 1.29 is 8.42 Å². The highest BCUT2D eigenvalue weighted by molar-refractivity contribution is 7.91. The molecule has 1 fully saturated rings. The number of hydrogen-bond donors (Lipinski definition) is 1. The van der Waals surface area contributed by atoms with Crippen molar-refractivity contribution >= 4 is 33.1 Å². The van der Waals surface area contributed by atoms with Crippen LogP contribution in [0.15, 0.2) is 64.5 Å². The van der Waals surface area contributed by atoms with E-state index in [0.717, 1.165) is 42.8 Å². The minimum absolute atomic E-state index is 0.0263. The molecule has 0 aliphatic carbocycles. The van der Waals surface area contributed by atoms with Crippen molar-refractivity contribution in [2.45, 2.75) is 4.90 Å². The molecule has 0 atom stereocenters. The molecule has 2 aromatic rings. The maximum absolute atomic E-state index is 12.4. The van der Waals surface area contributed by atoms with E-state index in [4.69, 9.17) is 11.6 Å². The summed E-state index contributed by atoms with van der Waals surface area (Å²) < 4.78 is 24.8. The molecule has 1 aliphatic heterocycles. The quantitative estimate of drug-likeness (QED) is 0.594. The van der Waals surface area contributed by atoms with Crippen molar-refractivity contribution in [3.8, 4) is 0 Å². The van der Waals surface area contributed by atoms with E-state index in [-0.39, 0.29) is 5.75 Å². The summed E-state index contributed by atoms with van der Waals surface area (Å²) in [6, 6.07) is 16.4. The van der Waals surface area contributed by atoms with Gasteiger partial charge in [-0.25, -0.2) is 8.42 Å². The summed E-state index contributed by atoms with van der Waals surface area (Å²) in [4.78, 5) is 9.10. The van der Waals surface area contributed by atoms with Gasteiger partial charge in [0, 0.05) is 50.5 Å². The first-order valence-corrected chi connectivity index (χ1v) is 11.3. The van der Waals surface area contributed by atoms with Gasteiger partial charge >= 0.3 is 0 Å². The van der Waals surface area contributed by atoms with E-state index in [1.807, 2.05) is 24.3 Å². The van der Waals surface area contributed by atoms with Crippen LogP contribution in [-0.4, -0.2) is 64.8 Å². The number of hydrogen-bond acceptors (Lipinski definition) is 4. The summed E-state index contributed by atoms with van der Waals surface area (Å²) in [5, 5.41) is 3.92. The van der Waals surface area contributed by atoms with Gasteiger partial charge in [0.05, 0.1) is 10.6 Å². The Morgan fingerprint density at radius 1 is 1.07 bits per heavy atom. The SMILES string of the molecule is CN=C(NCCS(=O)(=O)c1ccccc1)N1CCN(c2cccc(Cl)c2)CC1. The molecular formula is C20H25ClN4O2S. The van der Waals surface area contributed by atoms with E-state index in [1.54, 1.807) is 31.3 Å². The molecule has 28 heavy (non-hydrogen) atoms. The third-order valence-electron chi connectivity index (χ3n) is 4.72. The van der Waals surface area contributed by atoms with Crippen molar-refractivity contribution in [2.75, 3.05) is 50.4 Å². The second-order valence-electron chi connectivity index (χ2n) is 6.56. The fraction of sp³-hybridized carbons (Fsp3) is 0.350. The molecule has 1 saturated heterocycles. The number of nitrogens with zero attached hydrogens (tertiary/aromatic N) is 3. The first-order chi connectivity index (χ1) is 13.5. The average Bonchev–Trinajstić information content (AvgIpc) is 2.72. The van der Waals surface area contributed by atoms with Crippen LogP contribution >= 0.6 is 11.6 Å². The summed E-state index contributed by atoms with van der Waals surface area (Å²) in [6.07, 6.45) is 0. The van der Waals surface area contributed by atoms with Crippen LogP contribution in [0, 0.1) is 0 Å². The zero-order valence-corrected chi connectivity index (χ0v) is 17.5. The zero-order chi connectivity index (χ0) is 20.0. The van der Waals surface area contributed by atoms with Gasteiger partial charge in [-0.3, -0.25) is 4.99 Å². The predicted molar refractivity (Wildman–Crippen MR) is 115 cm³/mol. The van der Waals surface area contributed by atoms with Crippen LogP contribution in [0.5, 0.6) is 0 Å². The van der Waals surface area contributed by atoms with Crippen molar-refractivity contribution in [1.29, 1.82) is 0 Å². The molecule has 0 unspecified atom stereocenters. The Kier molecular flexibility index (Phi) is 6.80. The number of anilines is 1. The van der Waals surface area contributed by atoms with Crippen LogP contribution in [0.1, 0.15) is 0 Å². The van der Waals surface area contributed by atoms with Crippen LogP contribution in [0.25, 0.3) is 0 Å². The molecule has 0 radical (unpaired) electrons. The van der Waals surface area contributed by atoms with Gasteiger partial charge in [0.1, 0.15) is 0 Å². The van der Waals surface area contributed by atoms with Crippen LogP contribution < -0.4 is 10.2 Å². The molecule has 1 N–H and O–H groups in total. The minimum atomic E-state index is -3.30. The van der Waals surface area contributed by atoms with Crippen molar-refractivity contribution in [2.24, 2.45) is 4.99 Å². The summed E-state index contributed by atoms with van der Waals surface area (Å²) in [6.45, 7) is 3.63. The first-order valence-electron chi connectivity index (χ1n) is 9.23. The molecule has 1 aliphatic rings. The van der Waals surface area contributed by atoms with Gasteiger partial charge in [-0.05, 0) is 30.3 Å². The lowest BCUT2D eigenvalue weighted by Gasteiger charge is -2.37. The van der Waals surface area contributed by atoms with Crippen LogP contribution in [0.4, 0.5) is 5.69 Å². The third-order valence-corrected chi connectivity index (χ3v) is 6.69. The van der Waals surface area contributed by atoms with Gasteiger partial charge in [-0.1, -0.05) is 35.9 Å². The maximum atomic E-state index is 12.4. The molecule has 3 rings (SSSR count). The number of halogens is 1. The zero-order valence-electron chi connectivity index (χ0n) is 15.9. The molecule has 0 bridgehead atoms. The smallest absolute Gasteiger partial charge is 0.193 e. The van der Waals surface area contributed by atoms with E-state index in [9.17, 15) is 8.42 Å². The topological polar surface area (TPSA) is 65.0 Å². The van der Waals surface area contributed by atoms with Gasteiger partial charge in [-0.15, -0.1) is 0 Å². The largest absolute Gasteiger partial charge is 0.368 e. The van der Waals surface area contributed by atoms with Gasteiger partial charge in [0.15, 0.2) is 15.8 Å². The Hall–Kier alpha value is -2.25. The summed E-state index contributed by atoms with van der Waals surface area (Å²) in [7, 11) is -1.58. The minimum Gasteiger partial charge on any atom is -0.368 e. The van der Waals surface area contributed by atoms with Crippen LogP contribution in [0.2, 0.25) is 5.02 Å². The van der Waals surface area contributed by atoms with Crippen molar-refractivity contribution in [3.05, 3.63) is 59.6 Å². The molecule has 0 spiro atoms. The maximum Gasteiger partial charge on any atom is 0.193 e. The fourth-order valence-electron chi connectivity index (χ4n) is 3.22. The molecule has 8 heteroatoms. The lowest BCUT2D eigenvalue weighted by molar-refractivity contribution is 0.373. The Labute approximate surface area is 171 Å². The molecule has 150 valence electrons. The molecule has 2 aromatic carbocycles. The lowest BCUT2D eigenvalue weighted by Crippen LogP contribution is -2.53. The molecule has 0 aromatic heterocycles. The van der Waals surface area contributed by atoms with Gasteiger partial charge in [-0.2, -0.15) is 0 Å². The second kappa shape index (κ2) is 9.30. The number of nitrogens with one attached hydrogen (secondary N) is 1. The third kappa shape index (κ3) is 5.17. The number of guanidine groups is 1. The Morgan fingerprint density at radius 2 is 1.79 bits per heavy atom. The average molecular weight is 421 g/mol. The van der Waals surface area contributed by atoms with E-state index in [2.05, 4.69) is 26.2 Å². The van der Waals surface area contributed by atoms with Crippen molar-refractivity contribution in [1.82, 2.24) is 10.2 Å². The first kappa shape index (κ1) is 20.5. The standard InChI is InChI=1S/C20H25ClN4O2S/c1-22-20(23-10-15-28(26,27)19-8-3-2-4-9-19)25-13-11-24(12-14-25)18-7-5-6-17(21)16-18/h2-9,16H,10-15H2,1H3,(H,22,23). The molecule has 0 saturated carbocycles. The van der Waals surface area contributed by atoms with Gasteiger partial charge < -0.3 is 15.1 Å². The van der Waals surface area contributed by atoms with E-state index in [1.165, 1.54) is 0 Å². The fourth-order valence-corrected chi connectivity index (χ4v) is 4.59. The summed E-state index contributed by atoms with van der Waals surface area (Å²) in [5.74, 6) is 0.757. The summed E-state index contributed by atoms with van der Waals surface area (Å²) >= 11 is 6.09. The summed E-state index contributed by atoms with van der Waals surface area (Å²) in [5.41, 5.74) is 1.11. The van der Waals surface area contributed by atoms with Gasteiger partial charge in [0.2, 0.25) is 0 Å². The number of rotatable bonds is 5. The highest BCUT2D eigenvalue weighted by atomic mass is 35.5. The highest BCUT2D eigenvalue weighted by Crippen LogP contribution is 2.20. The molecular weight excluding hydrogens is 396 g/mol. The van der Waals surface area contributed by atoms with Crippen LogP contribution in [0.3, 0.4) is 0 Å². The van der Waals surface area contributed by atoms with E-state index in [0.29, 0.717) is 11.4 Å². The monoisotopic (exact) mass is 420 g/mol.